The Morgan fingerprint density at radius 1 is 1.21 bits per heavy atom. The van der Waals surface area contributed by atoms with Crippen LogP contribution in [-0.2, 0) is 16.6 Å². The summed E-state index contributed by atoms with van der Waals surface area (Å²) in [6, 6.07) is 7.80. The summed E-state index contributed by atoms with van der Waals surface area (Å²) in [5.74, 6) is 0.182. The van der Waals surface area contributed by atoms with E-state index in [-0.39, 0.29) is 5.75 Å². The van der Waals surface area contributed by atoms with E-state index in [4.69, 9.17) is 11.6 Å². The molecule has 0 aromatic heterocycles. The zero-order valence-corrected chi connectivity index (χ0v) is 12.6. The van der Waals surface area contributed by atoms with Crippen LogP contribution in [0.4, 0.5) is 0 Å². The Morgan fingerprint density at radius 3 is 2.47 bits per heavy atom. The summed E-state index contributed by atoms with van der Waals surface area (Å²) in [5.41, 5.74) is 1.17. The van der Waals surface area contributed by atoms with Crippen molar-refractivity contribution in [1.29, 1.82) is 0 Å². The maximum atomic E-state index is 11.8. The highest BCUT2D eigenvalue weighted by molar-refractivity contribution is 7.89. The van der Waals surface area contributed by atoms with Crippen LogP contribution in [0.1, 0.15) is 12.5 Å². The first-order valence-corrected chi connectivity index (χ1v) is 8.44. The van der Waals surface area contributed by atoms with Crippen LogP contribution >= 0.6 is 11.6 Å². The van der Waals surface area contributed by atoms with Crippen LogP contribution in [0.5, 0.6) is 0 Å². The summed E-state index contributed by atoms with van der Waals surface area (Å²) in [5, 5.41) is 0.740. The molecular weight excluding hydrogens is 284 g/mol. The van der Waals surface area contributed by atoms with Gasteiger partial charge in [0.15, 0.2) is 0 Å². The molecule has 2 rings (SSSR count). The van der Waals surface area contributed by atoms with E-state index in [1.54, 1.807) is 11.2 Å². The zero-order valence-electron chi connectivity index (χ0n) is 11.0. The molecule has 0 radical (unpaired) electrons. The number of sulfonamides is 1. The SMILES string of the molecule is CCS(=O)(=O)N1CCN(Cc2cccc(Cl)c2)CC1. The van der Waals surface area contributed by atoms with Gasteiger partial charge < -0.3 is 0 Å². The predicted octanol–water partition coefficient (Wildman–Crippen LogP) is 1.81. The lowest BCUT2D eigenvalue weighted by atomic mass is 10.2. The van der Waals surface area contributed by atoms with Crippen molar-refractivity contribution in [3.05, 3.63) is 34.9 Å². The van der Waals surface area contributed by atoms with Crippen molar-refractivity contribution in [2.45, 2.75) is 13.5 Å². The maximum Gasteiger partial charge on any atom is 0.213 e. The fraction of sp³-hybridized carbons (Fsp3) is 0.538. The molecule has 1 saturated heterocycles. The molecule has 1 fully saturated rings. The van der Waals surface area contributed by atoms with Gasteiger partial charge in [0.05, 0.1) is 5.75 Å². The summed E-state index contributed by atoms with van der Waals surface area (Å²) < 4.78 is 25.1. The van der Waals surface area contributed by atoms with Gasteiger partial charge >= 0.3 is 0 Å². The number of halogens is 1. The molecule has 1 aromatic rings. The van der Waals surface area contributed by atoms with Gasteiger partial charge in [0.2, 0.25) is 10.0 Å². The Balaban J connectivity index is 1.91. The highest BCUT2D eigenvalue weighted by Crippen LogP contribution is 2.15. The van der Waals surface area contributed by atoms with E-state index in [0.29, 0.717) is 13.1 Å². The first kappa shape index (κ1) is 14.8. The van der Waals surface area contributed by atoms with Crippen molar-refractivity contribution in [2.75, 3.05) is 31.9 Å². The summed E-state index contributed by atoms with van der Waals surface area (Å²) in [7, 11) is -3.04. The van der Waals surface area contributed by atoms with E-state index in [2.05, 4.69) is 4.90 Å². The highest BCUT2D eigenvalue weighted by Gasteiger charge is 2.25. The third-order valence-corrected chi connectivity index (χ3v) is 5.50. The molecule has 0 bridgehead atoms. The number of hydrogen-bond acceptors (Lipinski definition) is 3. The molecule has 19 heavy (non-hydrogen) atoms. The molecule has 0 N–H and O–H groups in total. The van der Waals surface area contributed by atoms with Crippen molar-refractivity contribution in [3.63, 3.8) is 0 Å². The molecule has 0 spiro atoms. The first-order chi connectivity index (χ1) is 9.01. The zero-order chi connectivity index (χ0) is 13.9. The van der Waals surface area contributed by atoms with Crippen LogP contribution in [0.15, 0.2) is 24.3 Å². The molecule has 6 heteroatoms. The number of nitrogens with zero attached hydrogens (tertiary/aromatic N) is 2. The maximum absolute atomic E-state index is 11.8. The molecule has 0 amide bonds. The Kier molecular flexibility index (Phi) is 4.84. The minimum Gasteiger partial charge on any atom is -0.296 e. The first-order valence-electron chi connectivity index (χ1n) is 6.46. The average molecular weight is 303 g/mol. The second kappa shape index (κ2) is 6.22. The molecule has 1 aliphatic heterocycles. The van der Waals surface area contributed by atoms with Gasteiger partial charge in [-0.15, -0.1) is 0 Å². The van der Waals surface area contributed by atoms with Gasteiger partial charge in [0.1, 0.15) is 0 Å². The second-order valence-corrected chi connectivity index (χ2v) is 7.40. The van der Waals surface area contributed by atoms with E-state index in [1.807, 2.05) is 24.3 Å². The van der Waals surface area contributed by atoms with Crippen LogP contribution in [0.2, 0.25) is 5.02 Å². The smallest absolute Gasteiger partial charge is 0.213 e. The lowest BCUT2D eigenvalue weighted by Gasteiger charge is -2.33. The average Bonchev–Trinajstić information content (AvgIpc) is 2.39. The van der Waals surface area contributed by atoms with Crippen LogP contribution in [0.3, 0.4) is 0 Å². The molecule has 0 aliphatic carbocycles. The Morgan fingerprint density at radius 2 is 1.89 bits per heavy atom. The van der Waals surface area contributed by atoms with Crippen LogP contribution in [0.25, 0.3) is 0 Å². The molecule has 0 saturated carbocycles. The fourth-order valence-electron chi connectivity index (χ4n) is 2.24. The van der Waals surface area contributed by atoms with E-state index in [9.17, 15) is 8.42 Å². The molecule has 106 valence electrons. The summed E-state index contributed by atoms with van der Waals surface area (Å²) in [4.78, 5) is 2.26. The van der Waals surface area contributed by atoms with Gasteiger partial charge in [0, 0.05) is 37.7 Å². The van der Waals surface area contributed by atoms with E-state index < -0.39 is 10.0 Å². The van der Waals surface area contributed by atoms with Crippen molar-refractivity contribution < 1.29 is 8.42 Å². The summed E-state index contributed by atoms with van der Waals surface area (Å²) in [6.45, 7) is 5.21. The molecular formula is C13H19ClN2O2S. The summed E-state index contributed by atoms with van der Waals surface area (Å²) in [6.07, 6.45) is 0. The Hall–Kier alpha value is -0.620. The van der Waals surface area contributed by atoms with Gasteiger partial charge in [-0.25, -0.2) is 8.42 Å². The molecule has 1 heterocycles. The van der Waals surface area contributed by atoms with Crippen LogP contribution < -0.4 is 0 Å². The van der Waals surface area contributed by atoms with Crippen LogP contribution in [-0.4, -0.2) is 49.6 Å². The normalized spacial score (nSPS) is 18.6. The van der Waals surface area contributed by atoms with Crippen molar-refractivity contribution >= 4 is 21.6 Å². The number of benzene rings is 1. The summed E-state index contributed by atoms with van der Waals surface area (Å²) >= 11 is 5.96. The lowest BCUT2D eigenvalue weighted by Crippen LogP contribution is -2.48. The Bertz CT molecular complexity index is 525. The van der Waals surface area contributed by atoms with Crippen molar-refractivity contribution in [2.24, 2.45) is 0 Å². The number of piperazine rings is 1. The van der Waals surface area contributed by atoms with Crippen molar-refractivity contribution in [1.82, 2.24) is 9.21 Å². The predicted molar refractivity (Wildman–Crippen MR) is 77.8 cm³/mol. The highest BCUT2D eigenvalue weighted by atomic mass is 35.5. The lowest BCUT2D eigenvalue weighted by molar-refractivity contribution is 0.182. The fourth-order valence-corrected chi connectivity index (χ4v) is 3.54. The van der Waals surface area contributed by atoms with Crippen molar-refractivity contribution in [3.8, 4) is 0 Å². The molecule has 0 atom stereocenters. The van der Waals surface area contributed by atoms with E-state index in [0.717, 1.165) is 24.7 Å². The minimum absolute atomic E-state index is 0.182. The van der Waals surface area contributed by atoms with Gasteiger partial charge in [-0.3, -0.25) is 4.90 Å². The van der Waals surface area contributed by atoms with E-state index >= 15 is 0 Å². The third-order valence-electron chi connectivity index (χ3n) is 3.38. The quantitative estimate of drug-likeness (QED) is 0.852. The second-order valence-electron chi connectivity index (χ2n) is 4.71. The monoisotopic (exact) mass is 302 g/mol. The van der Waals surface area contributed by atoms with Gasteiger partial charge in [-0.05, 0) is 24.6 Å². The third kappa shape index (κ3) is 3.92. The number of hydrogen-bond donors (Lipinski definition) is 0. The molecule has 0 unspecified atom stereocenters. The standard InChI is InChI=1S/C13H19ClN2O2S/c1-2-19(17,18)16-8-6-15(7-9-16)11-12-4-3-5-13(14)10-12/h3-5,10H,2,6-9,11H2,1H3. The topological polar surface area (TPSA) is 40.6 Å². The minimum atomic E-state index is -3.04. The molecule has 1 aliphatic rings. The molecule has 4 nitrogen and oxygen atoms in total. The van der Waals surface area contributed by atoms with E-state index in [1.165, 1.54) is 5.56 Å². The van der Waals surface area contributed by atoms with Gasteiger partial charge in [-0.2, -0.15) is 4.31 Å². The van der Waals surface area contributed by atoms with Gasteiger partial charge in [0.25, 0.3) is 0 Å². The Labute approximate surface area is 120 Å². The number of rotatable bonds is 4. The van der Waals surface area contributed by atoms with Crippen LogP contribution in [0, 0.1) is 0 Å². The largest absolute Gasteiger partial charge is 0.296 e. The van der Waals surface area contributed by atoms with Gasteiger partial charge in [-0.1, -0.05) is 23.7 Å². The molecule has 1 aromatic carbocycles.